The quantitative estimate of drug-likeness (QED) is 0.873. The van der Waals surface area contributed by atoms with Crippen LogP contribution >= 0.6 is 0 Å². The lowest BCUT2D eigenvalue weighted by Gasteiger charge is -2.02. The van der Waals surface area contributed by atoms with E-state index in [1.54, 1.807) is 7.11 Å². The Morgan fingerprint density at radius 1 is 1.41 bits per heavy atom. The highest BCUT2D eigenvalue weighted by molar-refractivity contribution is 5.85. The van der Waals surface area contributed by atoms with E-state index in [2.05, 4.69) is 35.3 Å². The Morgan fingerprint density at radius 3 is 2.94 bits per heavy atom. The van der Waals surface area contributed by atoms with Gasteiger partial charge in [0, 0.05) is 37.3 Å². The first-order valence-electron chi connectivity index (χ1n) is 6.13. The van der Waals surface area contributed by atoms with Crippen molar-refractivity contribution in [1.82, 2.24) is 9.88 Å². The summed E-state index contributed by atoms with van der Waals surface area (Å²) in [6.07, 6.45) is 4.87. The van der Waals surface area contributed by atoms with Crippen LogP contribution in [0.25, 0.3) is 10.9 Å². The van der Waals surface area contributed by atoms with E-state index in [4.69, 9.17) is 4.74 Å². The largest absolute Gasteiger partial charge is 0.497 e. The monoisotopic (exact) mass is 230 g/mol. The van der Waals surface area contributed by atoms with Crippen molar-refractivity contribution in [2.75, 3.05) is 7.11 Å². The molecule has 3 nitrogen and oxygen atoms in total. The van der Waals surface area contributed by atoms with E-state index >= 15 is 0 Å². The normalized spacial score (nSPS) is 15.4. The van der Waals surface area contributed by atoms with Crippen molar-refractivity contribution < 1.29 is 4.74 Å². The minimum absolute atomic E-state index is 0.753. The van der Waals surface area contributed by atoms with E-state index in [1.165, 1.54) is 29.3 Å². The maximum Gasteiger partial charge on any atom is 0.120 e. The van der Waals surface area contributed by atoms with Gasteiger partial charge in [0.1, 0.15) is 5.75 Å². The zero-order chi connectivity index (χ0) is 11.8. The molecule has 3 heteroatoms. The molecule has 1 saturated carbocycles. The van der Waals surface area contributed by atoms with Gasteiger partial charge in [-0.1, -0.05) is 0 Å². The maximum atomic E-state index is 5.27. The molecular weight excluding hydrogens is 212 g/mol. The third-order valence-corrected chi connectivity index (χ3v) is 3.44. The van der Waals surface area contributed by atoms with Crippen LogP contribution in [0.15, 0.2) is 24.4 Å². The first-order chi connectivity index (χ1) is 8.28. The third-order valence-electron chi connectivity index (χ3n) is 3.44. The molecule has 0 saturated heterocycles. The predicted octanol–water partition coefficient (Wildman–Crippen LogP) is 2.44. The predicted molar refractivity (Wildman–Crippen MR) is 69.3 cm³/mol. The highest BCUT2D eigenvalue weighted by atomic mass is 16.5. The molecule has 0 aliphatic heterocycles. The van der Waals surface area contributed by atoms with Crippen molar-refractivity contribution in [3.8, 4) is 5.75 Å². The second kappa shape index (κ2) is 4.08. The van der Waals surface area contributed by atoms with E-state index in [0.29, 0.717) is 0 Å². The molecule has 17 heavy (non-hydrogen) atoms. The maximum absolute atomic E-state index is 5.27. The third kappa shape index (κ3) is 2.03. The molecule has 1 aromatic carbocycles. The number of fused-ring (bicyclic) bond motifs is 1. The molecule has 1 fully saturated rings. The van der Waals surface area contributed by atoms with Crippen LogP contribution in [0.3, 0.4) is 0 Å². The van der Waals surface area contributed by atoms with Crippen LogP contribution < -0.4 is 10.1 Å². The lowest BCUT2D eigenvalue weighted by Crippen LogP contribution is -2.14. The Balaban J connectivity index is 1.94. The molecule has 0 amide bonds. The number of methoxy groups -OCH3 is 1. The highest BCUT2D eigenvalue weighted by Gasteiger charge is 2.20. The van der Waals surface area contributed by atoms with Gasteiger partial charge in [0.15, 0.2) is 0 Å². The zero-order valence-corrected chi connectivity index (χ0v) is 10.4. The molecular formula is C14H18N2O. The van der Waals surface area contributed by atoms with Gasteiger partial charge in [0.05, 0.1) is 12.6 Å². The van der Waals surface area contributed by atoms with Crippen LogP contribution in [-0.2, 0) is 13.6 Å². The highest BCUT2D eigenvalue weighted by Crippen LogP contribution is 2.26. The number of nitrogens with one attached hydrogen (secondary N) is 1. The van der Waals surface area contributed by atoms with E-state index < -0.39 is 0 Å². The first kappa shape index (κ1) is 10.7. The smallest absolute Gasteiger partial charge is 0.120 e. The summed E-state index contributed by atoms with van der Waals surface area (Å²) in [5, 5.41) is 4.88. The van der Waals surface area contributed by atoms with Crippen molar-refractivity contribution in [3.05, 3.63) is 30.0 Å². The standard InChI is InChI=1S/C14H18N2O/c1-16-9-10(8-15-11-3-4-11)13-6-5-12(17-2)7-14(13)16/h5-7,9,11,15H,3-4,8H2,1-2H3. The Morgan fingerprint density at radius 2 is 2.24 bits per heavy atom. The summed E-state index contributed by atoms with van der Waals surface area (Å²) in [7, 11) is 3.79. The van der Waals surface area contributed by atoms with Crippen molar-refractivity contribution in [1.29, 1.82) is 0 Å². The molecule has 0 bridgehead atoms. The average molecular weight is 230 g/mol. The minimum Gasteiger partial charge on any atom is -0.497 e. The zero-order valence-electron chi connectivity index (χ0n) is 10.4. The molecule has 1 aliphatic rings. The van der Waals surface area contributed by atoms with Crippen LogP contribution in [0.4, 0.5) is 0 Å². The lowest BCUT2D eigenvalue weighted by molar-refractivity contribution is 0.415. The fraction of sp³-hybridized carbons (Fsp3) is 0.429. The van der Waals surface area contributed by atoms with Gasteiger partial charge in [-0.3, -0.25) is 0 Å². The van der Waals surface area contributed by atoms with Gasteiger partial charge >= 0.3 is 0 Å². The molecule has 90 valence electrons. The van der Waals surface area contributed by atoms with Gasteiger partial charge in [-0.05, 0) is 30.5 Å². The summed E-state index contributed by atoms with van der Waals surface area (Å²) in [6, 6.07) is 7.03. The van der Waals surface area contributed by atoms with Crippen molar-refractivity contribution >= 4 is 10.9 Å². The van der Waals surface area contributed by atoms with Gasteiger partial charge in [-0.25, -0.2) is 0 Å². The molecule has 3 rings (SSSR count). The number of aromatic nitrogens is 1. The number of rotatable bonds is 4. The van der Waals surface area contributed by atoms with Gasteiger partial charge in [0.2, 0.25) is 0 Å². The second-order valence-corrected chi connectivity index (χ2v) is 4.80. The van der Waals surface area contributed by atoms with Gasteiger partial charge in [-0.2, -0.15) is 0 Å². The molecule has 0 spiro atoms. The molecule has 0 atom stereocenters. The van der Waals surface area contributed by atoms with Crippen LogP contribution in [0.5, 0.6) is 5.75 Å². The number of hydrogen-bond acceptors (Lipinski definition) is 2. The van der Waals surface area contributed by atoms with Gasteiger partial charge in [-0.15, -0.1) is 0 Å². The molecule has 0 radical (unpaired) electrons. The molecule has 1 aliphatic carbocycles. The number of ether oxygens (including phenoxy) is 1. The fourth-order valence-electron chi connectivity index (χ4n) is 2.26. The van der Waals surface area contributed by atoms with E-state index in [0.717, 1.165) is 18.3 Å². The van der Waals surface area contributed by atoms with E-state index in [-0.39, 0.29) is 0 Å². The summed E-state index contributed by atoms with van der Waals surface area (Å²) < 4.78 is 7.43. The Labute approximate surface area is 101 Å². The molecule has 1 aromatic heterocycles. The average Bonchev–Trinajstić information content (AvgIpc) is 3.13. The number of aryl methyl sites for hydroxylation is 1. The lowest BCUT2D eigenvalue weighted by atomic mass is 10.1. The van der Waals surface area contributed by atoms with E-state index in [1.807, 2.05) is 6.07 Å². The van der Waals surface area contributed by atoms with Crippen LogP contribution in [0.2, 0.25) is 0 Å². The summed E-state index contributed by atoms with van der Waals surface area (Å²) in [4.78, 5) is 0. The van der Waals surface area contributed by atoms with Gasteiger partial charge in [0.25, 0.3) is 0 Å². The Bertz CT molecular complexity index is 540. The Kier molecular flexibility index (Phi) is 2.56. The topological polar surface area (TPSA) is 26.2 Å². The van der Waals surface area contributed by atoms with Crippen LogP contribution in [-0.4, -0.2) is 17.7 Å². The summed E-state index contributed by atoms with van der Waals surface area (Å²) in [5.41, 5.74) is 2.61. The number of hydrogen-bond donors (Lipinski definition) is 1. The van der Waals surface area contributed by atoms with Crippen LogP contribution in [0, 0.1) is 0 Å². The van der Waals surface area contributed by atoms with Crippen molar-refractivity contribution in [2.45, 2.75) is 25.4 Å². The Hall–Kier alpha value is -1.48. The second-order valence-electron chi connectivity index (χ2n) is 4.80. The first-order valence-corrected chi connectivity index (χ1v) is 6.13. The van der Waals surface area contributed by atoms with Crippen molar-refractivity contribution in [2.24, 2.45) is 7.05 Å². The summed E-state index contributed by atoms with van der Waals surface area (Å²) in [6.45, 7) is 0.967. The fourth-order valence-corrected chi connectivity index (χ4v) is 2.26. The van der Waals surface area contributed by atoms with Crippen molar-refractivity contribution in [3.63, 3.8) is 0 Å². The number of nitrogens with zero attached hydrogens (tertiary/aromatic N) is 1. The number of benzene rings is 1. The molecule has 1 N–H and O–H groups in total. The van der Waals surface area contributed by atoms with E-state index in [9.17, 15) is 0 Å². The molecule has 1 heterocycles. The SMILES string of the molecule is COc1ccc2c(CNC3CC3)cn(C)c2c1. The summed E-state index contributed by atoms with van der Waals surface area (Å²) >= 11 is 0. The van der Waals surface area contributed by atoms with Crippen LogP contribution in [0.1, 0.15) is 18.4 Å². The molecule has 2 aromatic rings. The minimum atomic E-state index is 0.753. The van der Waals surface area contributed by atoms with Gasteiger partial charge < -0.3 is 14.6 Å². The summed E-state index contributed by atoms with van der Waals surface area (Å²) in [5.74, 6) is 0.917. The molecule has 0 unspecified atom stereocenters.